The molecule has 0 aromatic heterocycles. The lowest BCUT2D eigenvalue weighted by Crippen LogP contribution is -2.32. The number of hydrogen-bond donors (Lipinski definition) is 3. The fourth-order valence-corrected chi connectivity index (χ4v) is 4.98. The lowest BCUT2D eigenvalue weighted by atomic mass is 10.1. The van der Waals surface area contributed by atoms with Crippen molar-refractivity contribution in [3.8, 4) is 0 Å². The van der Waals surface area contributed by atoms with Crippen molar-refractivity contribution in [3.05, 3.63) is 54.1 Å². The molecule has 3 rings (SSSR count). The van der Waals surface area contributed by atoms with Crippen LogP contribution in [0.15, 0.2) is 58.3 Å². The Morgan fingerprint density at radius 3 is 2.40 bits per heavy atom. The van der Waals surface area contributed by atoms with Crippen molar-refractivity contribution in [3.63, 3.8) is 0 Å². The van der Waals surface area contributed by atoms with Gasteiger partial charge in [-0.3, -0.25) is 9.52 Å². The van der Waals surface area contributed by atoms with Crippen molar-refractivity contribution in [1.82, 2.24) is 10.0 Å². The fraction of sp³-hybridized carbons (Fsp3) is 0.316. The van der Waals surface area contributed by atoms with Gasteiger partial charge in [0, 0.05) is 13.2 Å². The summed E-state index contributed by atoms with van der Waals surface area (Å²) >= 11 is 0. The molecule has 1 amide bonds. The van der Waals surface area contributed by atoms with Crippen molar-refractivity contribution in [2.24, 2.45) is 0 Å². The Labute approximate surface area is 175 Å². The average Bonchev–Trinajstić information content (AvgIpc) is 3.26. The van der Waals surface area contributed by atoms with E-state index < -0.39 is 26.0 Å². The minimum atomic E-state index is -4.14. The van der Waals surface area contributed by atoms with Gasteiger partial charge in [-0.1, -0.05) is 18.2 Å². The number of nitrogens with one attached hydrogen (secondary N) is 3. The number of sulfonamides is 2. The van der Waals surface area contributed by atoms with Crippen LogP contribution in [0.4, 0.5) is 5.69 Å². The summed E-state index contributed by atoms with van der Waals surface area (Å²) < 4.78 is 59.6. The number of benzene rings is 2. The van der Waals surface area contributed by atoms with Crippen LogP contribution < -0.4 is 14.8 Å². The molecule has 0 spiro atoms. The second-order valence-corrected chi connectivity index (χ2v) is 10.2. The van der Waals surface area contributed by atoms with Crippen LogP contribution in [0.25, 0.3) is 0 Å². The minimum Gasteiger partial charge on any atom is -0.376 e. The lowest BCUT2D eigenvalue weighted by Gasteiger charge is -2.15. The van der Waals surface area contributed by atoms with Gasteiger partial charge in [0.1, 0.15) is 0 Å². The quantitative estimate of drug-likeness (QED) is 0.552. The molecular formula is C19H23N3O6S2. The number of hydrogen-bond acceptors (Lipinski definition) is 6. The van der Waals surface area contributed by atoms with E-state index in [-0.39, 0.29) is 27.1 Å². The summed E-state index contributed by atoms with van der Waals surface area (Å²) in [5.74, 6) is -0.435. The Kier molecular flexibility index (Phi) is 6.76. The molecule has 0 radical (unpaired) electrons. The Morgan fingerprint density at radius 2 is 1.73 bits per heavy atom. The summed E-state index contributed by atoms with van der Waals surface area (Å²) in [6, 6.07) is 11.1. The molecule has 3 N–H and O–H groups in total. The van der Waals surface area contributed by atoms with Gasteiger partial charge in [-0.2, -0.15) is 0 Å². The van der Waals surface area contributed by atoms with Crippen LogP contribution in [0.2, 0.25) is 0 Å². The van der Waals surface area contributed by atoms with Crippen LogP contribution in [0.3, 0.4) is 0 Å². The van der Waals surface area contributed by atoms with Crippen LogP contribution in [0.5, 0.6) is 0 Å². The van der Waals surface area contributed by atoms with Crippen molar-refractivity contribution >= 4 is 31.6 Å². The first-order valence-electron chi connectivity index (χ1n) is 9.28. The molecule has 162 valence electrons. The van der Waals surface area contributed by atoms with Crippen LogP contribution in [-0.4, -0.2) is 49.0 Å². The summed E-state index contributed by atoms with van der Waals surface area (Å²) in [5, 5.41) is 2.76. The maximum absolute atomic E-state index is 12.8. The van der Waals surface area contributed by atoms with Gasteiger partial charge in [0.15, 0.2) is 0 Å². The van der Waals surface area contributed by atoms with Gasteiger partial charge in [-0.05, 0) is 50.2 Å². The molecule has 11 heteroatoms. The van der Waals surface area contributed by atoms with Crippen molar-refractivity contribution in [2.75, 3.05) is 24.9 Å². The highest BCUT2D eigenvalue weighted by atomic mass is 32.2. The van der Waals surface area contributed by atoms with Gasteiger partial charge < -0.3 is 10.1 Å². The molecule has 1 aliphatic heterocycles. The third-order valence-corrected chi connectivity index (χ3v) is 7.40. The van der Waals surface area contributed by atoms with E-state index in [0.29, 0.717) is 13.2 Å². The smallest absolute Gasteiger partial charge is 0.261 e. The van der Waals surface area contributed by atoms with Crippen molar-refractivity contribution < 1.29 is 26.4 Å². The molecule has 9 nitrogen and oxygen atoms in total. The zero-order chi connectivity index (χ0) is 21.8. The van der Waals surface area contributed by atoms with E-state index in [2.05, 4.69) is 14.8 Å². The number of para-hydroxylation sites is 1. The van der Waals surface area contributed by atoms with E-state index >= 15 is 0 Å². The average molecular weight is 454 g/mol. The summed E-state index contributed by atoms with van der Waals surface area (Å²) in [5.41, 5.74) is 0.238. The second-order valence-electron chi connectivity index (χ2n) is 6.68. The number of anilines is 1. The zero-order valence-electron chi connectivity index (χ0n) is 16.3. The molecule has 0 aliphatic carbocycles. The molecule has 2 aromatic rings. The number of carbonyl (C=O) groups is 1. The molecular weight excluding hydrogens is 430 g/mol. The molecule has 2 aromatic carbocycles. The summed E-state index contributed by atoms with van der Waals surface area (Å²) in [7, 11) is -6.71. The number of ether oxygens (including phenoxy) is 1. The van der Waals surface area contributed by atoms with E-state index in [1.54, 1.807) is 12.1 Å². The maximum atomic E-state index is 12.8. The standard InChI is InChI=1S/C19H23N3O6S2/c1-20-29(24,25)15-7-4-8-16(12-15)30(26,27)22-18-10-3-2-9-17(18)19(23)21-13-14-6-5-11-28-14/h2-4,7-10,12,14,20,22H,5-6,11,13H2,1H3,(H,21,23). The molecule has 0 bridgehead atoms. The van der Waals surface area contributed by atoms with E-state index in [1.807, 2.05) is 0 Å². The van der Waals surface area contributed by atoms with Crippen LogP contribution in [0, 0.1) is 0 Å². The number of rotatable bonds is 8. The largest absolute Gasteiger partial charge is 0.376 e. The predicted molar refractivity (Wildman–Crippen MR) is 111 cm³/mol. The Morgan fingerprint density at radius 1 is 1.03 bits per heavy atom. The highest BCUT2D eigenvalue weighted by Gasteiger charge is 2.22. The van der Waals surface area contributed by atoms with E-state index in [9.17, 15) is 21.6 Å². The summed E-state index contributed by atoms with van der Waals surface area (Å²) in [6.07, 6.45) is 1.76. The van der Waals surface area contributed by atoms with E-state index in [1.165, 1.54) is 37.4 Å². The molecule has 1 heterocycles. The molecule has 1 atom stereocenters. The number of amides is 1. The molecule has 1 aliphatic rings. The first kappa shape index (κ1) is 22.2. The minimum absolute atomic E-state index is 0.0466. The fourth-order valence-electron chi connectivity index (χ4n) is 3.01. The highest BCUT2D eigenvalue weighted by molar-refractivity contribution is 7.93. The summed E-state index contributed by atoms with van der Waals surface area (Å²) in [4.78, 5) is 12.2. The van der Waals surface area contributed by atoms with Gasteiger partial charge >= 0.3 is 0 Å². The van der Waals surface area contributed by atoms with Gasteiger partial charge in [-0.25, -0.2) is 21.6 Å². The van der Waals surface area contributed by atoms with Crippen molar-refractivity contribution in [2.45, 2.75) is 28.7 Å². The van der Waals surface area contributed by atoms with Gasteiger partial charge in [0.05, 0.1) is 27.1 Å². The molecule has 1 unspecified atom stereocenters. The zero-order valence-corrected chi connectivity index (χ0v) is 17.9. The third-order valence-electron chi connectivity index (χ3n) is 4.63. The van der Waals surface area contributed by atoms with Crippen LogP contribution >= 0.6 is 0 Å². The SMILES string of the molecule is CNS(=O)(=O)c1cccc(S(=O)(=O)Nc2ccccc2C(=O)NCC2CCCO2)c1. The van der Waals surface area contributed by atoms with Crippen LogP contribution in [-0.2, 0) is 24.8 Å². The molecule has 30 heavy (non-hydrogen) atoms. The monoisotopic (exact) mass is 453 g/mol. The Balaban J connectivity index is 1.82. The second kappa shape index (κ2) is 9.13. The normalized spacial score (nSPS) is 16.9. The van der Waals surface area contributed by atoms with Gasteiger partial charge in [-0.15, -0.1) is 0 Å². The first-order chi connectivity index (χ1) is 14.2. The van der Waals surface area contributed by atoms with E-state index in [4.69, 9.17) is 4.74 Å². The summed E-state index contributed by atoms with van der Waals surface area (Å²) in [6.45, 7) is 1.00. The molecule has 1 fully saturated rings. The lowest BCUT2D eigenvalue weighted by molar-refractivity contribution is 0.0858. The van der Waals surface area contributed by atoms with Gasteiger partial charge in [0.2, 0.25) is 10.0 Å². The van der Waals surface area contributed by atoms with E-state index in [0.717, 1.165) is 18.9 Å². The number of carbonyl (C=O) groups excluding carboxylic acids is 1. The third kappa shape index (κ3) is 5.17. The topological polar surface area (TPSA) is 131 Å². The Bertz CT molecular complexity index is 1130. The maximum Gasteiger partial charge on any atom is 0.261 e. The molecule has 0 saturated carbocycles. The van der Waals surface area contributed by atoms with Crippen molar-refractivity contribution in [1.29, 1.82) is 0 Å². The Hall–Kier alpha value is -2.47. The van der Waals surface area contributed by atoms with Crippen LogP contribution in [0.1, 0.15) is 23.2 Å². The van der Waals surface area contributed by atoms with Gasteiger partial charge in [0.25, 0.3) is 15.9 Å². The predicted octanol–water partition coefficient (Wildman–Crippen LogP) is 1.30. The first-order valence-corrected chi connectivity index (χ1v) is 12.2. The molecule has 1 saturated heterocycles. The highest BCUT2D eigenvalue weighted by Crippen LogP contribution is 2.22.